The quantitative estimate of drug-likeness (QED) is 0.324. The minimum absolute atomic E-state index is 0.595. The summed E-state index contributed by atoms with van der Waals surface area (Å²) < 4.78 is 0. The molecule has 0 saturated carbocycles. The molecule has 0 spiro atoms. The molecule has 0 unspecified atom stereocenters. The summed E-state index contributed by atoms with van der Waals surface area (Å²) in [4.78, 5) is 15.0. The van der Waals surface area contributed by atoms with Gasteiger partial charge in [-0.05, 0) is 20.8 Å². The molecule has 1 N–H and O–H groups in total. The average Bonchev–Trinajstić information content (AvgIpc) is 2.24. The molecule has 0 fully saturated rings. The van der Waals surface area contributed by atoms with Crippen molar-refractivity contribution in [2.45, 2.75) is 20.8 Å². The molecule has 0 amide bonds. The number of aliphatic imine (C=N–C) groups is 1. The molecule has 0 atom stereocenters. The predicted octanol–water partition coefficient (Wildman–Crippen LogP) is 2.23. The van der Waals surface area contributed by atoms with Gasteiger partial charge in [-0.15, -0.1) is 0 Å². The second-order valence-corrected chi connectivity index (χ2v) is 2.94. The Kier molecular flexibility index (Phi) is 6.02. The highest BCUT2D eigenvalue weighted by Crippen LogP contribution is 2.19. The summed E-state index contributed by atoms with van der Waals surface area (Å²) in [6.07, 6.45) is 4.25. The first-order chi connectivity index (χ1) is 7.12. The summed E-state index contributed by atoms with van der Waals surface area (Å²) in [5.41, 5.74) is 2.82. The number of aldehydes is 1. The zero-order valence-corrected chi connectivity index (χ0v) is 9.79. The second-order valence-electron chi connectivity index (χ2n) is 2.94. The molecule has 0 aromatic carbocycles. The van der Waals surface area contributed by atoms with Crippen molar-refractivity contribution in [1.82, 2.24) is 5.32 Å². The van der Waals surface area contributed by atoms with Gasteiger partial charge in [-0.1, -0.05) is 12.7 Å². The standard InChI is InChI=1S/C12H18N2O/c1-6-11(8-15)12(9(3)13-5)10(4)14-7-2/h6-8,13H,3H2,1-2,4-5H3/b11-6-,12-10+,14-7?. The molecule has 0 saturated heterocycles. The first-order valence-electron chi connectivity index (χ1n) is 4.80. The van der Waals surface area contributed by atoms with Crippen LogP contribution in [0.1, 0.15) is 20.8 Å². The number of hydrogen-bond acceptors (Lipinski definition) is 3. The van der Waals surface area contributed by atoms with Gasteiger partial charge >= 0.3 is 0 Å². The summed E-state index contributed by atoms with van der Waals surface area (Å²) in [7, 11) is 1.77. The molecule has 0 aliphatic rings. The maximum atomic E-state index is 10.9. The highest BCUT2D eigenvalue weighted by molar-refractivity contribution is 5.83. The molecule has 0 radical (unpaired) electrons. The van der Waals surface area contributed by atoms with Crippen LogP contribution in [0.3, 0.4) is 0 Å². The van der Waals surface area contributed by atoms with Gasteiger partial charge in [0.05, 0.1) is 0 Å². The van der Waals surface area contributed by atoms with E-state index in [1.807, 2.05) is 20.8 Å². The van der Waals surface area contributed by atoms with E-state index < -0.39 is 0 Å². The van der Waals surface area contributed by atoms with E-state index in [9.17, 15) is 4.79 Å². The number of rotatable bonds is 5. The Labute approximate surface area is 91.3 Å². The normalized spacial score (nSPS) is 13.7. The molecule has 0 bridgehead atoms. The number of carbonyl (C=O) groups is 1. The summed E-state index contributed by atoms with van der Waals surface area (Å²) in [6.45, 7) is 9.35. The van der Waals surface area contributed by atoms with Crippen molar-refractivity contribution < 1.29 is 4.79 Å². The molecule has 0 aromatic heterocycles. The first-order valence-corrected chi connectivity index (χ1v) is 4.80. The molecule has 0 rings (SSSR count). The zero-order valence-electron chi connectivity index (χ0n) is 9.79. The van der Waals surface area contributed by atoms with Crippen LogP contribution in [-0.4, -0.2) is 19.5 Å². The molecule has 82 valence electrons. The van der Waals surface area contributed by atoms with E-state index in [1.165, 1.54) is 0 Å². The van der Waals surface area contributed by atoms with E-state index in [0.717, 1.165) is 17.6 Å². The van der Waals surface area contributed by atoms with E-state index in [1.54, 1.807) is 19.3 Å². The van der Waals surface area contributed by atoms with Crippen LogP contribution in [0, 0.1) is 0 Å². The minimum atomic E-state index is 0.595. The molecule has 0 aliphatic heterocycles. The lowest BCUT2D eigenvalue weighted by molar-refractivity contribution is -0.104. The number of hydrogen-bond donors (Lipinski definition) is 1. The number of allylic oxidation sites excluding steroid dienone is 3. The van der Waals surface area contributed by atoms with E-state index >= 15 is 0 Å². The van der Waals surface area contributed by atoms with Crippen molar-refractivity contribution in [3.8, 4) is 0 Å². The van der Waals surface area contributed by atoms with E-state index in [0.29, 0.717) is 11.3 Å². The van der Waals surface area contributed by atoms with E-state index in [-0.39, 0.29) is 0 Å². The second kappa shape index (κ2) is 6.76. The van der Waals surface area contributed by atoms with Crippen molar-refractivity contribution in [1.29, 1.82) is 0 Å². The van der Waals surface area contributed by atoms with Gasteiger partial charge in [-0.3, -0.25) is 9.79 Å². The van der Waals surface area contributed by atoms with Gasteiger partial charge < -0.3 is 5.32 Å². The van der Waals surface area contributed by atoms with E-state index in [2.05, 4.69) is 16.9 Å². The Morgan fingerprint density at radius 2 is 2.00 bits per heavy atom. The van der Waals surface area contributed by atoms with Crippen LogP contribution in [0.25, 0.3) is 0 Å². The molecule has 3 heteroatoms. The van der Waals surface area contributed by atoms with Gasteiger partial charge in [0.1, 0.15) is 6.29 Å². The number of likely N-dealkylation sites (N-methyl/N-ethyl adjacent to an activating group) is 1. The van der Waals surface area contributed by atoms with Gasteiger partial charge in [0.25, 0.3) is 0 Å². The van der Waals surface area contributed by atoms with Crippen LogP contribution in [0.2, 0.25) is 0 Å². The van der Waals surface area contributed by atoms with Crippen LogP contribution in [0.5, 0.6) is 0 Å². The average molecular weight is 206 g/mol. The Morgan fingerprint density at radius 3 is 2.33 bits per heavy atom. The third-order valence-electron chi connectivity index (χ3n) is 2.01. The predicted molar refractivity (Wildman–Crippen MR) is 64.9 cm³/mol. The third-order valence-corrected chi connectivity index (χ3v) is 2.01. The van der Waals surface area contributed by atoms with Crippen LogP contribution in [0.4, 0.5) is 0 Å². The lowest BCUT2D eigenvalue weighted by atomic mass is 10.0. The fourth-order valence-electron chi connectivity index (χ4n) is 1.26. The van der Waals surface area contributed by atoms with Gasteiger partial charge in [-0.2, -0.15) is 0 Å². The number of nitrogens with zero attached hydrogens (tertiary/aromatic N) is 1. The third kappa shape index (κ3) is 3.54. The van der Waals surface area contributed by atoms with Crippen molar-refractivity contribution in [2.24, 2.45) is 4.99 Å². The summed E-state index contributed by atoms with van der Waals surface area (Å²) in [5.74, 6) is 0. The summed E-state index contributed by atoms with van der Waals surface area (Å²) >= 11 is 0. The van der Waals surface area contributed by atoms with Crippen molar-refractivity contribution in [2.75, 3.05) is 7.05 Å². The highest BCUT2D eigenvalue weighted by atomic mass is 16.1. The molecule has 0 aromatic rings. The summed E-state index contributed by atoms with van der Waals surface area (Å²) in [6, 6.07) is 0. The number of carbonyl (C=O) groups excluding carboxylic acids is 1. The van der Waals surface area contributed by atoms with Crippen LogP contribution >= 0.6 is 0 Å². The lowest BCUT2D eigenvalue weighted by Crippen LogP contribution is -2.10. The fraction of sp³-hybridized carbons (Fsp3) is 0.333. The highest BCUT2D eigenvalue weighted by Gasteiger charge is 2.09. The molecule has 3 nitrogen and oxygen atoms in total. The van der Waals surface area contributed by atoms with Crippen molar-refractivity contribution in [3.63, 3.8) is 0 Å². The van der Waals surface area contributed by atoms with E-state index in [4.69, 9.17) is 0 Å². The van der Waals surface area contributed by atoms with Crippen LogP contribution in [-0.2, 0) is 4.79 Å². The maximum absolute atomic E-state index is 10.9. The Hall–Kier alpha value is -1.64. The molecule has 0 heterocycles. The maximum Gasteiger partial charge on any atom is 0.150 e. The molecule has 15 heavy (non-hydrogen) atoms. The Balaban J connectivity index is 5.51. The Bertz CT molecular complexity index is 336. The zero-order chi connectivity index (χ0) is 11.8. The molecular formula is C12H18N2O. The minimum Gasteiger partial charge on any atom is -0.388 e. The molecular weight excluding hydrogens is 188 g/mol. The smallest absolute Gasteiger partial charge is 0.150 e. The van der Waals surface area contributed by atoms with Crippen molar-refractivity contribution in [3.05, 3.63) is 35.2 Å². The van der Waals surface area contributed by atoms with Gasteiger partial charge in [0.2, 0.25) is 0 Å². The Morgan fingerprint density at radius 1 is 1.40 bits per heavy atom. The van der Waals surface area contributed by atoms with Gasteiger partial charge in [0, 0.05) is 35.8 Å². The largest absolute Gasteiger partial charge is 0.388 e. The van der Waals surface area contributed by atoms with Gasteiger partial charge in [-0.25, -0.2) is 0 Å². The monoisotopic (exact) mass is 206 g/mol. The van der Waals surface area contributed by atoms with Crippen LogP contribution < -0.4 is 5.32 Å². The topological polar surface area (TPSA) is 41.5 Å². The first kappa shape index (κ1) is 13.4. The molecule has 0 aliphatic carbocycles. The lowest BCUT2D eigenvalue weighted by Gasteiger charge is -2.11. The van der Waals surface area contributed by atoms with Gasteiger partial charge in [0.15, 0.2) is 0 Å². The SMILES string of the molecule is C=C(NC)C(=C(/C)N=CC)/C(C=O)=C\C. The fourth-order valence-corrected chi connectivity index (χ4v) is 1.26. The van der Waals surface area contributed by atoms with Crippen LogP contribution in [0.15, 0.2) is 40.2 Å². The number of nitrogens with one attached hydrogen (secondary N) is 1. The summed E-state index contributed by atoms with van der Waals surface area (Å²) in [5, 5.41) is 2.93. The van der Waals surface area contributed by atoms with Crippen molar-refractivity contribution >= 4 is 12.5 Å².